The zero-order chi connectivity index (χ0) is 19.0. The van der Waals surface area contributed by atoms with Crippen LogP contribution < -0.4 is 0 Å². The van der Waals surface area contributed by atoms with Crippen molar-refractivity contribution in [3.05, 3.63) is 57.8 Å². The van der Waals surface area contributed by atoms with Crippen molar-refractivity contribution in [1.82, 2.24) is 9.47 Å². The van der Waals surface area contributed by atoms with Crippen molar-refractivity contribution in [3.63, 3.8) is 0 Å². The quantitative estimate of drug-likeness (QED) is 0.672. The minimum absolute atomic E-state index is 0.387. The van der Waals surface area contributed by atoms with Crippen molar-refractivity contribution >= 4 is 35.4 Å². The van der Waals surface area contributed by atoms with Gasteiger partial charge in [-0.25, -0.2) is 4.79 Å². The Bertz CT molecular complexity index is 858. The Labute approximate surface area is 169 Å². The molecule has 2 aromatic rings. The van der Waals surface area contributed by atoms with Crippen LogP contribution in [0.3, 0.4) is 0 Å². The zero-order valence-corrected chi connectivity index (χ0v) is 16.5. The topological polar surface area (TPSA) is 45.5 Å². The second-order valence-corrected chi connectivity index (χ2v) is 8.15. The molecule has 1 aliphatic carbocycles. The molecule has 2 heterocycles. The van der Waals surface area contributed by atoms with Gasteiger partial charge in [-0.3, -0.25) is 0 Å². The monoisotopic (exact) mass is 404 g/mol. The molecule has 4 nitrogen and oxygen atoms in total. The summed E-state index contributed by atoms with van der Waals surface area (Å²) in [5, 5.41) is 10.4. The van der Waals surface area contributed by atoms with Gasteiger partial charge in [-0.2, -0.15) is 0 Å². The highest BCUT2D eigenvalue weighted by Gasteiger charge is 2.28. The Balaban J connectivity index is 1.62. The fraction of sp³-hybridized carbons (Fsp3) is 0.381. The van der Waals surface area contributed by atoms with Crippen LogP contribution in [0.15, 0.2) is 36.5 Å². The van der Waals surface area contributed by atoms with Crippen molar-refractivity contribution in [3.8, 4) is 5.69 Å². The van der Waals surface area contributed by atoms with Gasteiger partial charge in [0.1, 0.15) is 0 Å². The highest BCUT2D eigenvalue weighted by molar-refractivity contribution is 6.37. The highest BCUT2D eigenvalue weighted by atomic mass is 35.5. The number of carbonyl (C=O) groups is 1. The van der Waals surface area contributed by atoms with E-state index in [4.69, 9.17) is 28.3 Å². The van der Waals surface area contributed by atoms with Gasteiger partial charge in [-0.05, 0) is 67.4 Å². The number of aromatic nitrogens is 1. The first-order valence-electron chi connectivity index (χ1n) is 9.36. The minimum Gasteiger partial charge on any atom is -0.465 e. The summed E-state index contributed by atoms with van der Waals surface area (Å²) in [5.74, 6) is 0.999. The molecule has 1 saturated heterocycles. The van der Waals surface area contributed by atoms with E-state index in [1.54, 1.807) is 0 Å². The molecule has 2 fully saturated rings. The van der Waals surface area contributed by atoms with Crippen LogP contribution in [-0.4, -0.2) is 33.8 Å². The lowest BCUT2D eigenvalue weighted by molar-refractivity contribution is 0.129. The van der Waals surface area contributed by atoms with Gasteiger partial charge < -0.3 is 14.6 Å². The number of nitrogens with zero attached hydrogens (tertiary/aromatic N) is 2. The van der Waals surface area contributed by atoms with Gasteiger partial charge in [0.05, 0.1) is 15.7 Å². The number of benzene rings is 1. The molecular weight excluding hydrogens is 383 g/mol. The molecule has 4 rings (SSSR count). The summed E-state index contributed by atoms with van der Waals surface area (Å²) in [6, 6.07) is 7.73. The Hall–Kier alpha value is -1.91. The van der Waals surface area contributed by atoms with Crippen molar-refractivity contribution in [2.24, 2.45) is 5.92 Å². The fourth-order valence-corrected chi connectivity index (χ4v) is 4.38. The van der Waals surface area contributed by atoms with E-state index in [0.717, 1.165) is 24.2 Å². The minimum atomic E-state index is -0.823. The Morgan fingerprint density at radius 3 is 2.33 bits per heavy atom. The second kappa shape index (κ2) is 7.61. The third-order valence-corrected chi connectivity index (χ3v) is 6.10. The number of amides is 1. The standard InChI is InChI=1S/C21H22Cl2N2O2/c22-17-2-1-3-18(23)20(17)25-13-10-16(15-5-6-15)19(25)7-4-14-8-11-24(12-9-14)21(26)27/h1-4,7,10,13-15H,5-6,8-9,11-12H2,(H,26,27). The molecule has 1 aliphatic heterocycles. The number of likely N-dealkylation sites (tertiary alicyclic amines) is 1. The summed E-state index contributed by atoms with van der Waals surface area (Å²) in [7, 11) is 0. The second-order valence-electron chi connectivity index (χ2n) is 7.34. The predicted octanol–water partition coefficient (Wildman–Crippen LogP) is 6.06. The van der Waals surface area contributed by atoms with Crippen molar-refractivity contribution in [2.45, 2.75) is 31.6 Å². The molecule has 1 aromatic heterocycles. The zero-order valence-electron chi connectivity index (χ0n) is 14.9. The number of para-hydroxylation sites is 1. The van der Waals surface area contributed by atoms with E-state index in [-0.39, 0.29) is 0 Å². The first-order chi connectivity index (χ1) is 13.0. The van der Waals surface area contributed by atoms with Gasteiger partial charge in [0.2, 0.25) is 0 Å². The first kappa shape index (κ1) is 18.5. The molecule has 1 N–H and O–H groups in total. The van der Waals surface area contributed by atoms with Gasteiger partial charge in [-0.1, -0.05) is 35.3 Å². The number of piperidine rings is 1. The molecule has 0 atom stereocenters. The van der Waals surface area contributed by atoms with E-state index < -0.39 is 6.09 Å². The third kappa shape index (κ3) is 3.87. The van der Waals surface area contributed by atoms with Crippen LogP contribution >= 0.6 is 23.2 Å². The summed E-state index contributed by atoms with van der Waals surface area (Å²) in [4.78, 5) is 12.6. The van der Waals surface area contributed by atoms with E-state index in [1.807, 2.05) is 24.4 Å². The van der Waals surface area contributed by atoms with Crippen LogP contribution in [0.5, 0.6) is 0 Å². The van der Waals surface area contributed by atoms with Crippen LogP contribution in [0.4, 0.5) is 4.79 Å². The van der Waals surface area contributed by atoms with E-state index in [0.29, 0.717) is 35.0 Å². The molecule has 1 amide bonds. The van der Waals surface area contributed by atoms with Gasteiger partial charge in [-0.15, -0.1) is 0 Å². The maximum atomic E-state index is 11.1. The number of carboxylic acid groups (broad SMARTS) is 1. The molecule has 0 bridgehead atoms. The molecule has 0 unspecified atom stereocenters. The molecule has 27 heavy (non-hydrogen) atoms. The molecule has 6 heteroatoms. The van der Waals surface area contributed by atoms with Crippen LogP contribution in [0.25, 0.3) is 11.8 Å². The molecule has 1 saturated carbocycles. The Morgan fingerprint density at radius 1 is 1.07 bits per heavy atom. The summed E-state index contributed by atoms with van der Waals surface area (Å²) in [6.45, 7) is 1.19. The normalized spacial score (nSPS) is 18.4. The third-order valence-electron chi connectivity index (χ3n) is 5.49. The lowest BCUT2D eigenvalue weighted by atomic mass is 9.96. The Kier molecular flexibility index (Phi) is 5.20. The van der Waals surface area contributed by atoms with Gasteiger partial charge in [0, 0.05) is 25.0 Å². The van der Waals surface area contributed by atoms with E-state index in [1.165, 1.54) is 23.3 Å². The van der Waals surface area contributed by atoms with Crippen molar-refractivity contribution in [2.75, 3.05) is 13.1 Å². The maximum absolute atomic E-state index is 11.1. The van der Waals surface area contributed by atoms with Gasteiger partial charge in [0.25, 0.3) is 0 Å². The largest absolute Gasteiger partial charge is 0.465 e. The fourth-order valence-electron chi connectivity index (χ4n) is 3.80. The number of halogens is 2. The average molecular weight is 405 g/mol. The van der Waals surface area contributed by atoms with E-state index in [2.05, 4.69) is 22.8 Å². The van der Waals surface area contributed by atoms with Crippen molar-refractivity contribution in [1.29, 1.82) is 0 Å². The number of hydrogen-bond donors (Lipinski definition) is 1. The molecular formula is C21H22Cl2N2O2. The lowest BCUT2D eigenvalue weighted by Gasteiger charge is -2.28. The average Bonchev–Trinajstić information content (AvgIpc) is 3.41. The first-order valence-corrected chi connectivity index (χ1v) is 10.1. The van der Waals surface area contributed by atoms with E-state index >= 15 is 0 Å². The highest BCUT2D eigenvalue weighted by Crippen LogP contribution is 2.44. The molecule has 0 radical (unpaired) electrons. The number of allylic oxidation sites excluding steroid dienone is 1. The lowest BCUT2D eigenvalue weighted by Crippen LogP contribution is -2.36. The van der Waals surface area contributed by atoms with Crippen LogP contribution in [-0.2, 0) is 0 Å². The summed E-state index contributed by atoms with van der Waals surface area (Å²) >= 11 is 12.9. The maximum Gasteiger partial charge on any atom is 0.407 e. The summed E-state index contributed by atoms with van der Waals surface area (Å²) in [6.07, 6.45) is 9.78. The van der Waals surface area contributed by atoms with Crippen LogP contribution in [0, 0.1) is 5.92 Å². The van der Waals surface area contributed by atoms with Gasteiger partial charge >= 0.3 is 6.09 Å². The summed E-state index contributed by atoms with van der Waals surface area (Å²) < 4.78 is 2.08. The predicted molar refractivity (Wildman–Crippen MR) is 109 cm³/mol. The van der Waals surface area contributed by atoms with Crippen molar-refractivity contribution < 1.29 is 9.90 Å². The van der Waals surface area contributed by atoms with Crippen LogP contribution in [0.1, 0.15) is 42.9 Å². The number of hydrogen-bond acceptors (Lipinski definition) is 1. The van der Waals surface area contributed by atoms with E-state index in [9.17, 15) is 4.79 Å². The molecule has 1 aromatic carbocycles. The number of rotatable bonds is 4. The SMILES string of the molecule is O=C(O)N1CCC(C=Cc2c(C3CC3)ccn2-c2c(Cl)cccc2Cl)CC1. The smallest absolute Gasteiger partial charge is 0.407 e. The Morgan fingerprint density at radius 2 is 1.74 bits per heavy atom. The van der Waals surface area contributed by atoms with Gasteiger partial charge in [0.15, 0.2) is 0 Å². The molecule has 2 aliphatic rings. The van der Waals surface area contributed by atoms with Crippen LogP contribution in [0.2, 0.25) is 10.0 Å². The summed E-state index contributed by atoms with van der Waals surface area (Å²) in [5.41, 5.74) is 3.28. The molecule has 0 spiro atoms. The molecule has 142 valence electrons.